The first kappa shape index (κ1) is 18.6. The Balaban J connectivity index is 1.59. The molecule has 2 aromatic rings. The summed E-state index contributed by atoms with van der Waals surface area (Å²) in [5, 5.41) is 2.92. The number of carbonyl (C=O) groups excluding carboxylic acids is 1. The van der Waals surface area contributed by atoms with Crippen molar-refractivity contribution in [2.24, 2.45) is 0 Å². The third kappa shape index (κ3) is 5.16. The molecular weight excluding hydrogens is 348 g/mol. The number of hydrogen-bond acceptors (Lipinski definition) is 4. The van der Waals surface area contributed by atoms with Gasteiger partial charge in [-0.3, -0.25) is 9.69 Å². The highest BCUT2D eigenvalue weighted by Gasteiger charge is 2.12. The maximum Gasteiger partial charge on any atom is 0.228 e. The molecule has 26 heavy (non-hydrogen) atoms. The predicted octanol–water partition coefficient (Wildman–Crippen LogP) is 2.87. The van der Waals surface area contributed by atoms with Gasteiger partial charge in [-0.15, -0.1) is 0 Å². The van der Waals surface area contributed by atoms with E-state index in [9.17, 15) is 13.2 Å². The number of hydrogen-bond donors (Lipinski definition) is 1. The van der Waals surface area contributed by atoms with Gasteiger partial charge < -0.3 is 5.32 Å². The topological polar surface area (TPSA) is 66.5 Å². The lowest BCUT2D eigenvalue weighted by molar-refractivity contribution is -0.115. The molecule has 2 aromatic carbocycles. The summed E-state index contributed by atoms with van der Waals surface area (Å²) in [7, 11) is -3.22. The van der Waals surface area contributed by atoms with Crippen LogP contribution in [0, 0.1) is 0 Å². The molecule has 1 aliphatic rings. The summed E-state index contributed by atoms with van der Waals surface area (Å²) >= 11 is 0. The van der Waals surface area contributed by atoms with Crippen LogP contribution in [0.25, 0.3) is 0 Å². The largest absolute Gasteiger partial charge is 0.326 e. The zero-order valence-corrected chi connectivity index (χ0v) is 15.8. The highest BCUT2D eigenvalue weighted by molar-refractivity contribution is 7.90. The van der Waals surface area contributed by atoms with Crippen LogP contribution >= 0.6 is 0 Å². The molecule has 6 heteroatoms. The van der Waals surface area contributed by atoms with Crippen molar-refractivity contribution < 1.29 is 13.2 Å². The quantitative estimate of drug-likeness (QED) is 0.847. The van der Waals surface area contributed by atoms with Gasteiger partial charge >= 0.3 is 0 Å². The van der Waals surface area contributed by atoms with Crippen molar-refractivity contribution in [3.63, 3.8) is 0 Å². The number of nitrogens with one attached hydrogen (secondary N) is 1. The first-order chi connectivity index (χ1) is 12.4. The Morgan fingerprint density at radius 1 is 1.04 bits per heavy atom. The molecule has 1 amide bonds. The molecule has 1 N–H and O–H groups in total. The van der Waals surface area contributed by atoms with Crippen LogP contribution < -0.4 is 5.32 Å². The maximum absolute atomic E-state index is 12.3. The lowest BCUT2D eigenvalue weighted by Gasteiger charge is -2.15. The molecule has 0 spiro atoms. The highest BCUT2D eigenvalue weighted by Crippen LogP contribution is 2.17. The van der Waals surface area contributed by atoms with Gasteiger partial charge in [0.15, 0.2) is 9.84 Å². The van der Waals surface area contributed by atoms with Crippen molar-refractivity contribution in [2.75, 3.05) is 24.7 Å². The third-order valence-corrected chi connectivity index (χ3v) is 5.66. The molecule has 1 aliphatic heterocycles. The number of anilines is 1. The van der Waals surface area contributed by atoms with Gasteiger partial charge in [0.05, 0.1) is 11.3 Å². The van der Waals surface area contributed by atoms with Crippen LogP contribution in [-0.4, -0.2) is 38.6 Å². The van der Waals surface area contributed by atoms with Crippen LogP contribution in [-0.2, 0) is 27.6 Å². The summed E-state index contributed by atoms with van der Waals surface area (Å²) in [6.07, 6.45) is 3.90. The van der Waals surface area contributed by atoms with Crippen LogP contribution in [0.5, 0.6) is 0 Å². The lowest BCUT2D eigenvalue weighted by atomic mass is 10.1. The van der Waals surface area contributed by atoms with E-state index in [4.69, 9.17) is 0 Å². The van der Waals surface area contributed by atoms with E-state index in [0.717, 1.165) is 30.9 Å². The van der Waals surface area contributed by atoms with E-state index in [1.54, 1.807) is 12.1 Å². The first-order valence-electron chi connectivity index (χ1n) is 8.80. The number of carbonyl (C=O) groups is 1. The summed E-state index contributed by atoms with van der Waals surface area (Å²) in [6, 6.07) is 14.4. The van der Waals surface area contributed by atoms with E-state index < -0.39 is 9.84 Å². The summed E-state index contributed by atoms with van der Waals surface area (Å²) in [5.41, 5.74) is 2.77. The summed E-state index contributed by atoms with van der Waals surface area (Å²) in [5.74, 6) is -0.115. The van der Waals surface area contributed by atoms with E-state index >= 15 is 0 Å². The fourth-order valence-corrected chi connectivity index (χ4v) is 3.82. The van der Waals surface area contributed by atoms with Crippen molar-refractivity contribution in [3.05, 3.63) is 59.7 Å². The fourth-order valence-electron chi connectivity index (χ4n) is 3.19. The van der Waals surface area contributed by atoms with E-state index in [1.165, 1.54) is 36.8 Å². The maximum atomic E-state index is 12.3. The minimum atomic E-state index is -3.22. The minimum absolute atomic E-state index is 0.115. The number of nitrogens with zero attached hydrogens (tertiary/aromatic N) is 1. The summed E-state index contributed by atoms with van der Waals surface area (Å²) < 4.78 is 23.0. The zero-order valence-electron chi connectivity index (χ0n) is 14.9. The van der Waals surface area contributed by atoms with E-state index in [1.807, 2.05) is 18.2 Å². The number of rotatable bonds is 6. The molecule has 0 bridgehead atoms. The molecule has 1 heterocycles. The van der Waals surface area contributed by atoms with Gasteiger partial charge in [-0.25, -0.2) is 8.42 Å². The average molecular weight is 372 g/mol. The number of benzene rings is 2. The van der Waals surface area contributed by atoms with Crippen LogP contribution in [0.15, 0.2) is 53.4 Å². The Hall–Kier alpha value is -2.18. The molecule has 138 valence electrons. The van der Waals surface area contributed by atoms with Crippen LogP contribution in [0.2, 0.25) is 0 Å². The van der Waals surface area contributed by atoms with E-state index in [2.05, 4.69) is 16.3 Å². The zero-order chi connectivity index (χ0) is 18.6. The number of sulfone groups is 1. The molecule has 1 saturated heterocycles. The van der Waals surface area contributed by atoms with Crippen LogP contribution in [0.1, 0.15) is 24.0 Å². The van der Waals surface area contributed by atoms with Crippen molar-refractivity contribution in [1.82, 2.24) is 4.90 Å². The first-order valence-corrected chi connectivity index (χ1v) is 10.7. The molecule has 0 atom stereocenters. The normalized spacial score (nSPS) is 15.1. The van der Waals surface area contributed by atoms with Gasteiger partial charge in [-0.2, -0.15) is 0 Å². The van der Waals surface area contributed by atoms with Gasteiger partial charge in [0.2, 0.25) is 5.91 Å². The van der Waals surface area contributed by atoms with Gasteiger partial charge in [0.25, 0.3) is 0 Å². The fraction of sp³-hybridized carbons (Fsp3) is 0.350. The molecule has 5 nitrogen and oxygen atoms in total. The van der Waals surface area contributed by atoms with E-state index in [-0.39, 0.29) is 17.2 Å². The molecular formula is C20H24N2O3S. The van der Waals surface area contributed by atoms with Crippen LogP contribution in [0.3, 0.4) is 0 Å². The number of likely N-dealkylation sites (tertiary alicyclic amines) is 1. The Morgan fingerprint density at radius 2 is 1.73 bits per heavy atom. The van der Waals surface area contributed by atoms with Gasteiger partial charge in [-0.1, -0.05) is 24.3 Å². The Morgan fingerprint density at radius 3 is 2.38 bits per heavy atom. The van der Waals surface area contributed by atoms with Crippen LogP contribution in [0.4, 0.5) is 5.69 Å². The SMILES string of the molecule is CS(=O)(=O)c1ccc(CC(=O)Nc2cccc(CN3CCCC3)c2)cc1. The Labute approximate surface area is 154 Å². The second-order valence-corrected chi connectivity index (χ2v) is 8.84. The van der Waals surface area contributed by atoms with Gasteiger partial charge in [0.1, 0.15) is 0 Å². The molecule has 0 aromatic heterocycles. The summed E-state index contributed by atoms with van der Waals surface area (Å²) in [4.78, 5) is 15.0. The van der Waals surface area contributed by atoms with Gasteiger partial charge in [-0.05, 0) is 61.3 Å². The van der Waals surface area contributed by atoms with Gasteiger partial charge in [0, 0.05) is 18.5 Å². The van der Waals surface area contributed by atoms with Crippen molar-refractivity contribution in [2.45, 2.75) is 30.7 Å². The van der Waals surface area contributed by atoms with Crippen molar-refractivity contribution in [3.8, 4) is 0 Å². The second kappa shape index (κ2) is 8.01. The minimum Gasteiger partial charge on any atom is -0.326 e. The molecule has 0 saturated carbocycles. The smallest absolute Gasteiger partial charge is 0.228 e. The predicted molar refractivity (Wildman–Crippen MR) is 103 cm³/mol. The highest BCUT2D eigenvalue weighted by atomic mass is 32.2. The molecule has 0 radical (unpaired) electrons. The number of amides is 1. The third-order valence-electron chi connectivity index (χ3n) is 4.53. The Kier molecular flexibility index (Phi) is 5.74. The molecule has 3 rings (SSSR count). The summed E-state index contributed by atoms with van der Waals surface area (Å²) in [6.45, 7) is 3.19. The average Bonchev–Trinajstić information content (AvgIpc) is 3.07. The van der Waals surface area contributed by atoms with Crippen molar-refractivity contribution in [1.29, 1.82) is 0 Å². The molecule has 0 aliphatic carbocycles. The Bertz CT molecular complexity index is 870. The second-order valence-electron chi connectivity index (χ2n) is 6.82. The molecule has 0 unspecified atom stereocenters. The standard InChI is InChI=1S/C20H24N2O3S/c1-26(24,25)19-9-7-16(8-10-19)14-20(23)21-18-6-4-5-17(13-18)15-22-11-2-3-12-22/h4-10,13H,2-3,11-12,14-15H2,1H3,(H,21,23). The molecule has 1 fully saturated rings. The lowest BCUT2D eigenvalue weighted by Crippen LogP contribution is -2.19. The van der Waals surface area contributed by atoms with E-state index in [0.29, 0.717) is 0 Å². The van der Waals surface area contributed by atoms with Crippen molar-refractivity contribution >= 4 is 21.4 Å². The monoisotopic (exact) mass is 372 g/mol.